The molecule has 1 aromatic heterocycles. The summed E-state index contributed by atoms with van der Waals surface area (Å²) in [6, 6.07) is 10.9. The first-order valence-corrected chi connectivity index (χ1v) is 10.4. The Morgan fingerprint density at radius 1 is 1.31 bits per heavy atom. The molecule has 0 unspecified atom stereocenters. The maximum absolute atomic E-state index is 13.4. The standard InChI is InChI=1S/C22H26N2O5.CH2O2/c1-23-9-7-18(26)20(29-12-16-5-3-2-4-6-16)19(23)21(27)24-11-17-8-10-28-15-22(17,13-24)14-25;2-1-3/h2-7,9,17,25H,8,10-15H2,1H3;1H,(H,2,3)/t17-,22+;/m0./s1. The van der Waals surface area contributed by atoms with Gasteiger partial charge in [0.15, 0.2) is 11.4 Å². The van der Waals surface area contributed by atoms with Gasteiger partial charge in [-0.2, -0.15) is 0 Å². The minimum atomic E-state index is -0.424. The Kier molecular flexibility index (Phi) is 7.66. The number of carboxylic acid groups (broad SMARTS) is 1. The van der Waals surface area contributed by atoms with Crippen LogP contribution >= 0.6 is 0 Å². The number of ether oxygens (including phenoxy) is 2. The lowest BCUT2D eigenvalue weighted by molar-refractivity contribution is -0.122. The van der Waals surface area contributed by atoms with Crippen molar-refractivity contribution in [1.82, 2.24) is 9.47 Å². The molecular weight excluding hydrogens is 416 g/mol. The number of aryl methyl sites for hydroxylation is 1. The molecule has 2 fully saturated rings. The fourth-order valence-electron chi connectivity index (χ4n) is 4.35. The summed E-state index contributed by atoms with van der Waals surface area (Å²) < 4.78 is 13.1. The smallest absolute Gasteiger partial charge is 0.290 e. The van der Waals surface area contributed by atoms with Crippen LogP contribution in [-0.4, -0.2) is 65.0 Å². The van der Waals surface area contributed by atoms with Crippen LogP contribution in [0, 0.1) is 11.3 Å². The molecule has 32 heavy (non-hydrogen) atoms. The molecule has 0 aliphatic carbocycles. The molecule has 2 aliphatic heterocycles. The van der Waals surface area contributed by atoms with E-state index in [-0.39, 0.29) is 48.4 Å². The van der Waals surface area contributed by atoms with Crippen LogP contribution in [0.4, 0.5) is 0 Å². The number of aromatic nitrogens is 1. The number of carbonyl (C=O) groups is 2. The molecule has 0 saturated carbocycles. The maximum atomic E-state index is 13.4. The van der Waals surface area contributed by atoms with Crippen molar-refractivity contribution in [2.24, 2.45) is 18.4 Å². The molecule has 3 heterocycles. The highest BCUT2D eigenvalue weighted by Gasteiger charge is 2.50. The first-order valence-electron chi connectivity index (χ1n) is 10.4. The van der Waals surface area contributed by atoms with E-state index in [0.717, 1.165) is 12.0 Å². The van der Waals surface area contributed by atoms with E-state index in [0.29, 0.717) is 26.3 Å². The van der Waals surface area contributed by atoms with Gasteiger partial charge in [0.2, 0.25) is 5.43 Å². The summed E-state index contributed by atoms with van der Waals surface area (Å²) in [5, 5.41) is 16.9. The van der Waals surface area contributed by atoms with Crippen LogP contribution in [0.15, 0.2) is 47.4 Å². The number of aliphatic hydroxyl groups excluding tert-OH is 1. The van der Waals surface area contributed by atoms with Crippen LogP contribution in [0.25, 0.3) is 0 Å². The van der Waals surface area contributed by atoms with Gasteiger partial charge >= 0.3 is 0 Å². The summed E-state index contributed by atoms with van der Waals surface area (Å²) in [5.41, 5.74) is 0.410. The van der Waals surface area contributed by atoms with Gasteiger partial charge in [0.05, 0.1) is 13.2 Å². The molecule has 2 saturated heterocycles. The number of likely N-dealkylation sites (tertiary alicyclic amines) is 1. The van der Waals surface area contributed by atoms with Crippen molar-refractivity contribution in [3.05, 3.63) is 64.1 Å². The van der Waals surface area contributed by atoms with E-state index in [1.165, 1.54) is 6.07 Å². The molecule has 2 N–H and O–H groups in total. The Balaban J connectivity index is 0.000000913. The van der Waals surface area contributed by atoms with Crippen molar-refractivity contribution >= 4 is 12.4 Å². The van der Waals surface area contributed by atoms with Gasteiger partial charge in [-0.3, -0.25) is 14.4 Å². The fourth-order valence-corrected chi connectivity index (χ4v) is 4.35. The van der Waals surface area contributed by atoms with E-state index in [2.05, 4.69) is 0 Å². The Bertz CT molecular complexity index is 992. The first kappa shape index (κ1) is 23.5. The van der Waals surface area contributed by atoms with Crippen molar-refractivity contribution in [2.45, 2.75) is 13.0 Å². The molecule has 0 bridgehead atoms. The van der Waals surface area contributed by atoms with Crippen LogP contribution < -0.4 is 10.2 Å². The second-order valence-electron chi connectivity index (χ2n) is 8.09. The Morgan fingerprint density at radius 3 is 2.69 bits per heavy atom. The Hall–Kier alpha value is -3.17. The zero-order valence-corrected chi connectivity index (χ0v) is 18.0. The largest absolute Gasteiger partial charge is 0.483 e. The number of hydrogen-bond donors (Lipinski definition) is 2. The molecule has 9 nitrogen and oxygen atoms in total. The highest BCUT2D eigenvalue weighted by molar-refractivity contribution is 5.95. The van der Waals surface area contributed by atoms with Crippen LogP contribution in [0.3, 0.4) is 0 Å². The predicted molar refractivity (Wildman–Crippen MR) is 115 cm³/mol. The van der Waals surface area contributed by atoms with Crippen LogP contribution in [-0.2, 0) is 23.2 Å². The molecule has 2 aliphatic rings. The molecule has 2 aromatic rings. The van der Waals surface area contributed by atoms with Gasteiger partial charge in [-0.05, 0) is 17.9 Å². The second kappa shape index (κ2) is 10.4. The molecular formula is C23H28N2O7. The number of fused-ring (bicyclic) bond motifs is 1. The lowest BCUT2D eigenvalue weighted by atomic mass is 9.76. The zero-order chi connectivity index (χ0) is 23.1. The number of amides is 1. The highest BCUT2D eigenvalue weighted by atomic mass is 16.5. The number of hydrogen-bond acceptors (Lipinski definition) is 6. The van der Waals surface area contributed by atoms with Gasteiger partial charge in [-0.1, -0.05) is 30.3 Å². The summed E-state index contributed by atoms with van der Waals surface area (Å²) in [6.07, 6.45) is 2.40. The average Bonchev–Trinajstić information content (AvgIpc) is 3.21. The third-order valence-corrected chi connectivity index (χ3v) is 6.08. The van der Waals surface area contributed by atoms with E-state index < -0.39 is 5.41 Å². The Morgan fingerprint density at radius 2 is 2.03 bits per heavy atom. The van der Waals surface area contributed by atoms with Crippen LogP contribution in [0.5, 0.6) is 5.75 Å². The second-order valence-corrected chi connectivity index (χ2v) is 8.09. The summed E-state index contributed by atoms with van der Waals surface area (Å²) in [5.74, 6) is 0.00291. The first-order chi connectivity index (χ1) is 15.5. The van der Waals surface area contributed by atoms with Gasteiger partial charge < -0.3 is 29.2 Å². The van der Waals surface area contributed by atoms with Crippen molar-refractivity contribution in [1.29, 1.82) is 0 Å². The summed E-state index contributed by atoms with van der Waals surface area (Å²) in [4.78, 5) is 36.0. The summed E-state index contributed by atoms with van der Waals surface area (Å²) >= 11 is 0. The zero-order valence-electron chi connectivity index (χ0n) is 18.0. The monoisotopic (exact) mass is 444 g/mol. The topological polar surface area (TPSA) is 118 Å². The summed E-state index contributed by atoms with van der Waals surface area (Å²) in [6.45, 7) is 1.98. The number of pyridine rings is 1. The lowest BCUT2D eigenvalue weighted by Gasteiger charge is -2.36. The molecule has 172 valence electrons. The van der Waals surface area contributed by atoms with Crippen LogP contribution in [0.2, 0.25) is 0 Å². The van der Waals surface area contributed by atoms with Gasteiger partial charge in [-0.15, -0.1) is 0 Å². The minimum absolute atomic E-state index is 0.0213. The van der Waals surface area contributed by atoms with E-state index in [9.17, 15) is 14.7 Å². The lowest BCUT2D eigenvalue weighted by Crippen LogP contribution is -2.43. The summed E-state index contributed by atoms with van der Waals surface area (Å²) in [7, 11) is 1.73. The average molecular weight is 444 g/mol. The van der Waals surface area contributed by atoms with E-state index >= 15 is 0 Å². The van der Waals surface area contributed by atoms with E-state index in [4.69, 9.17) is 19.4 Å². The molecule has 4 rings (SSSR count). The highest BCUT2D eigenvalue weighted by Crippen LogP contribution is 2.41. The molecule has 2 atom stereocenters. The van der Waals surface area contributed by atoms with Crippen molar-refractivity contribution in [3.63, 3.8) is 0 Å². The van der Waals surface area contributed by atoms with Crippen LogP contribution in [0.1, 0.15) is 22.5 Å². The van der Waals surface area contributed by atoms with E-state index in [1.54, 1.807) is 22.7 Å². The predicted octanol–water partition coefficient (Wildman–Crippen LogP) is 1.14. The molecule has 0 radical (unpaired) electrons. The number of nitrogens with zero attached hydrogens (tertiary/aromatic N) is 2. The SMILES string of the molecule is Cn1ccc(=O)c(OCc2ccccc2)c1C(=O)N1C[C@@H]2CCOC[C@]2(CO)C1.O=CO. The number of benzene rings is 1. The van der Waals surface area contributed by atoms with E-state index in [1.807, 2.05) is 30.3 Å². The molecule has 0 spiro atoms. The van der Waals surface area contributed by atoms with Crippen molar-refractivity contribution in [3.8, 4) is 5.75 Å². The molecule has 1 aromatic carbocycles. The minimum Gasteiger partial charge on any atom is -0.483 e. The number of rotatable bonds is 5. The molecule has 9 heteroatoms. The third kappa shape index (κ3) is 4.84. The van der Waals surface area contributed by atoms with Gasteiger partial charge in [0.25, 0.3) is 12.4 Å². The Labute approximate surface area is 185 Å². The quantitative estimate of drug-likeness (QED) is 0.664. The number of carbonyl (C=O) groups excluding carboxylic acids is 1. The maximum Gasteiger partial charge on any atom is 0.290 e. The third-order valence-electron chi connectivity index (χ3n) is 6.08. The molecule has 1 amide bonds. The van der Waals surface area contributed by atoms with Gasteiger partial charge in [-0.25, -0.2) is 0 Å². The fraction of sp³-hybridized carbons (Fsp3) is 0.435. The van der Waals surface area contributed by atoms with Crippen molar-refractivity contribution < 1.29 is 29.3 Å². The number of aliphatic hydroxyl groups is 1. The van der Waals surface area contributed by atoms with Crippen molar-refractivity contribution in [2.75, 3.05) is 32.9 Å². The normalized spacial score (nSPS) is 21.8. The van der Waals surface area contributed by atoms with Gasteiger partial charge in [0, 0.05) is 44.4 Å². The van der Waals surface area contributed by atoms with Gasteiger partial charge in [0.1, 0.15) is 6.61 Å².